The van der Waals surface area contributed by atoms with Crippen LogP contribution in [-0.4, -0.2) is 151 Å². The summed E-state index contributed by atoms with van der Waals surface area (Å²) in [5, 5.41) is 23.7. The molecule has 3 amide bonds. The van der Waals surface area contributed by atoms with E-state index in [2.05, 4.69) is 50.9 Å². The molecule has 2 aromatic heterocycles. The number of aliphatic hydroxyl groups excluding tert-OH is 1. The number of para-hydroxylation sites is 2. The Balaban J connectivity index is 0.772. The van der Waals surface area contributed by atoms with Gasteiger partial charge in [0.15, 0.2) is 5.82 Å². The Morgan fingerprint density at radius 1 is 0.905 bits per heavy atom. The van der Waals surface area contributed by atoms with E-state index in [0.717, 1.165) is 92.3 Å². The number of carbonyl (C=O) groups excluding carboxylic acids is 3. The number of nitrogens with one attached hydrogen (secondary N) is 4. The number of aryl methyl sites for hydroxylation is 1. The number of amides is 3. The zero-order chi connectivity index (χ0) is 52.9. The number of halogens is 2. The van der Waals surface area contributed by atoms with E-state index >= 15 is 0 Å². The lowest BCUT2D eigenvalue weighted by molar-refractivity contribution is -0.144. The van der Waals surface area contributed by atoms with Gasteiger partial charge in [-0.15, -0.1) is 11.3 Å². The number of β-amino-alcohol motifs (C(OH)–C–C–N with tert-alkyl or cyclic N) is 1. The van der Waals surface area contributed by atoms with Crippen LogP contribution in [0.25, 0.3) is 10.4 Å². The maximum atomic E-state index is 14.2. The summed E-state index contributed by atoms with van der Waals surface area (Å²) in [7, 11) is -2.04. The van der Waals surface area contributed by atoms with Crippen LogP contribution in [0.1, 0.15) is 51.3 Å². The number of anilines is 6. The molecule has 5 aromatic rings. The molecular formula is C52H66Cl2N12O6S2. The quantitative estimate of drug-likeness (QED) is 0.0654. The summed E-state index contributed by atoms with van der Waals surface area (Å²) < 4.78 is 25.7. The van der Waals surface area contributed by atoms with Gasteiger partial charge in [0.1, 0.15) is 17.1 Å². The van der Waals surface area contributed by atoms with Crippen LogP contribution in [0.2, 0.25) is 10.0 Å². The van der Waals surface area contributed by atoms with Crippen molar-refractivity contribution >= 4 is 96.8 Å². The number of nitrogens with zero attached hydrogens (tertiary/aromatic N) is 8. The third kappa shape index (κ3) is 13.6. The molecule has 3 saturated heterocycles. The standard InChI is InChI=1S/C52H66Cl2N12O6S2/c1-33-46(73-32-57-33)36-13-11-34(12-14-36)27-55-49(69)44-26-38(67)30-66(44)50(70)47(52(2,3)4)60-45(68)31-63-19-17-35(18-20-63)29-64-21-23-65(24-22-64)37-15-16-41(39(53)25-37)59-51-56-28-40(54)48(61-51)58-42-9-7-8-10-43(42)62(5)74(6,71)72/h7-16,25,28,32,35,38,44,47,67H,17-24,26-27,29-31H2,1-6H3,(H,55,69)(H,60,68)(H2,56,58,59,61)/t38-,44+,47?/m1/s1. The molecule has 18 nitrogen and oxygen atoms in total. The Hall–Kier alpha value is -5.61. The van der Waals surface area contributed by atoms with Gasteiger partial charge in [-0.25, -0.2) is 18.4 Å². The SMILES string of the molecule is Cc1ncsc1-c1ccc(CNC(=O)[C@@H]2C[C@@H](O)CN2C(=O)C(NC(=O)CN2CCC(CN3CCN(c4ccc(Nc5ncc(Cl)c(Nc6ccccc6N(C)S(C)(=O)=O)n5)c(Cl)c4)CC3)CC2)C(C)(C)C)cc1. The highest BCUT2D eigenvalue weighted by molar-refractivity contribution is 7.92. The first-order chi connectivity index (χ1) is 35.2. The van der Waals surface area contributed by atoms with Crippen molar-refractivity contribution in [3.63, 3.8) is 0 Å². The normalized spacial score (nSPS) is 18.5. The topological polar surface area (TPSA) is 209 Å². The van der Waals surface area contributed by atoms with Crippen LogP contribution in [0, 0.1) is 18.3 Å². The molecule has 0 saturated carbocycles. The number of piperidine rings is 1. The predicted molar refractivity (Wildman–Crippen MR) is 294 cm³/mol. The number of rotatable bonds is 17. The van der Waals surface area contributed by atoms with Gasteiger partial charge in [0.05, 0.1) is 63.3 Å². The van der Waals surface area contributed by atoms with E-state index in [0.29, 0.717) is 28.0 Å². The first-order valence-electron chi connectivity index (χ1n) is 24.8. The van der Waals surface area contributed by atoms with E-state index in [1.54, 1.807) is 35.6 Å². The Morgan fingerprint density at radius 3 is 2.28 bits per heavy atom. The molecule has 3 fully saturated rings. The number of hydrogen-bond donors (Lipinski definition) is 5. The number of thiazole rings is 1. The van der Waals surface area contributed by atoms with Crippen molar-refractivity contribution in [1.82, 2.24) is 40.3 Å². The molecule has 0 aliphatic carbocycles. The first-order valence-corrected chi connectivity index (χ1v) is 28.3. The number of aliphatic hydroxyl groups is 1. The fourth-order valence-corrected chi connectivity index (χ4v) is 11.4. The van der Waals surface area contributed by atoms with Gasteiger partial charge >= 0.3 is 0 Å². The molecule has 396 valence electrons. The fourth-order valence-electron chi connectivity index (χ4n) is 9.67. The van der Waals surface area contributed by atoms with Gasteiger partial charge in [0.2, 0.25) is 33.7 Å². The van der Waals surface area contributed by atoms with Gasteiger partial charge in [-0.1, -0.05) is 80.4 Å². The van der Waals surface area contributed by atoms with Crippen molar-refractivity contribution < 1.29 is 27.9 Å². The molecule has 0 radical (unpaired) electrons. The van der Waals surface area contributed by atoms with Crippen molar-refractivity contribution in [3.8, 4) is 10.4 Å². The van der Waals surface area contributed by atoms with Crippen molar-refractivity contribution in [3.05, 3.63) is 99.7 Å². The Bertz CT molecular complexity index is 2910. The second kappa shape index (κ2) is 23.5. The number of piperazine rings is 1. The van der Waals surface area contributed by atoms with Crippen LogP contribution in [0.15, 0.2) is 78.4 Å². The zero-order valence-corrected chi connectivity index (χ0v) is 45.8. The van der Waals surface area contributed by atoms with Crippen LogP contribution in [0.3, 0.4) is 0 Å². The van der Waals surface area contributed by atoms with Crippen LogP contribution in [0.4, 0.5) is 34.5 Å². The third-order valence-corrected chi connectivity index (χ3v) is 16.7. The average molecular weight is 1090 g/mol. The minimum absolute atomic E-state index is 0.0164. The van der Waals surface area contributed by atoms with Crippen LogP contribution >= 0.6 is 34.5 Å². The average Bonchev–Trinajstić information content (AvgIpc) is 3.99. The smallest absolute Gasteiger partial charge is 0.246 e. The number of hydrogen-bond acceptors (Lipinski definition) is 15. The predicted octanol–water partition coefficient (Wildman–Crippen LogP) is 6.74. The van der Waals surface area contributed by atoms with E-state index in [-0.39, 0.29) is 60.6 Å². The Morgan fingerprint density at radius 2 is 1.62 bits per heavy atom. The Kier molecular flexibility index (Phi) is 17.4. The number of sulfonamides is 1. The van der Waals surface area contributed by atoms with Crippen molar-refractivity contribution in [1.29, 1.82) is 0 Å². The van der Waals surface area contributed by atoms with E-state index < -0.39 is 33.6 Å². The van der Waals surface area contributed by atoms with Gasteiger partial charge in [-0.2, -0.15) is 4.98 Å². The van der Waals surface area contributed by atoms with Crippen molar-refractivity contribution in [2.45, 2.75) is 71.7 Å². The van der Waals surface area contributed by atoms with E-state index in [1.807, 2.05) is 75.7 Å². The summed E-state index contributed by atoms with van der Waals surface area (Å²) in [6, 6.07) is 19.0. The summed E-state index contributed by atoms with van der Waals surface area (Å²) >= 11 is 14.9. The Labute approximate surface area is 447 Å². The number of benzene rings is 3. The van der Waals surface area contributed by atoms with Gasteiger partial charge in [-0.3, -0.25) is 28.5 Å². The van der Waals surface area contributed by atoms with Gasteiger partial charge < -0.3 is 36.2 Å². The van der Waals surface area contributed by atoms with Gasteiger partial charge in [-0.05, 0) is 85.6 Å². The molecule has 22 heteroatoms. The van der Waals surface area contributed by atoms with E-state index in [4.69, 9.17) is 23.2 Å². The summed E-state index contributed by atoms with van der Waals surface area (Å²) in [6.07, 6.45) is 3.78. The maximum Gasteiger partial charge on any atom is 0.246 e. The van der Waals surface area contributed by atoms with Crippen molar-refractivity contribution in [2.75, 3.05) is 92.0 Å². The molecule has 5 N–H and O–H groups in total. The summed E-state index contributed by atoms with van der Waals surface area (Å²) in [4.78, 5) is 64.2. The lowest BCUT2D eigenvalue weighted by Gasteiger charge is -2.40. The maximum absolute atomic E-state index is 14.2. The van der Waals surface area contributed by atoms with E-state index in [1.165, 1.54) is 22.4 Å². The third-order valence-electron chi connectivity index (χ3n) is 14.0. The largest absolute Gasteiger partial charge is 0.391 e. The highest BCUT2D eigenvalue weighted by Crippen LogP contribution is 2.35. The lowest BCUT2D eigenvalue weighted by Crippen LogP contribution is -2.59. The van der Waals surface area contributed by atoms with Crippen LogP contribution < -0.4 is 30.5 Å². The molecule has 8 rings (SSSR count). The molecule has 3 aliphatic rings. The first kappa shape index (κ1) is 54.6. The lowest BCUT2D eigenvalue weighted by atomic mass is 9.85. The molecule has 3 atom stereocenters. The zero-order valence-electron chi connectivity index (χ0n) is 42.6. The molecule has 0 bridgehead atoms. The summed E-state index contributed by atoms with van der Waals surface area (Å²) in [6.45, 7) is 14.1. The molecule has 3 aromatic carbocycles. The minimum atomic E-state index is -3.52. The van der Waals surface area contributed by atoms with Crippen LogP contribution in [-0.2, 0) is 31.0 Å². The van der Waals surface area contributed by atoms with Gasteiger partial charge in [0.25, 0.3) is 0 Å². The minimum Gasteiger partial charge on any atom is -0.391 e. The molecular weight excluding hydrogens is 1020 g/mol. The highest BCUT2D eigenvalue weighted by atomic mass is 35.5. The highest BCUT2D eigenvalue weighted by Gasteiger charge is 2.44. The fraction of sp³-hybridized carbons (Fsp3) is 0.462. The monoisotopic (exact) mass is 1090 g/mol. The second-order valence-corrected chi connectivity index (χ2v) is 24.2. The molecule has 0 spiro atoms. The number of likely N-dealkylation sites (tertiary alicyclic amines) is 2. The molecule has 3 aliphatic heterocycles. The summed E-state index contributed by atoms with van der Waals surface area (Å²) in [5.74, 6) is 0.0735. The molecule has 1 unspecified atom stereocenters. The van der Waals surface area contributed by atoms with E-state index in [9.17, 15) is 27.9 Å². The summed E-state index contributed by atoms with van der Waals surface area (Å²) in [5.41, 5.74) is 6.65. The number of carbonyl (C=O) groups is 3. The van der Waals surface area contributed by atoms with Crippen molar-refractivity contribution in [2.24, 2.45) is 11.3 Å². The van der Waals surface area contributed by atoms with Gasteiger partial charge in [0, 0.05) is 65.0 Å². The van der Waals surface area contributed by atoms with Crippen LogP contribution in [0.5, 0.6) is 0 Å². The second-order valence-electron chi connectivity index (χ2n) is 20.5. The molecule has 74 heavy (non-hydrogen) atoms. The number of aromatic nitrogens is 3. The molecule has 5 heterocycles.